The number of halogens is 4. The molecule has 0 aliphatic heterocycles. The second-order valence-electron chi connectivity index (χ2n) is 4.41. The van der Waals surface area contributed by atoms with Gasteiger partial charge < -0.3 is 5.32 Å². The van der Waals surface area contributed by atoms with Crippen LogP contribution in [0.4, 0.5) is 14.5 Å². The fourth-order valence-corrected chi connectivity index (χ4v) is 2.05. The van der Waals surface area contributed by atoms with Crippen molar-refractivity contribution in [2.45, 2.75) is 0 Å². The van der Waals surface area contributed by atoms with Gasteiger partial charge in [-0.2, -0.15) is 5.26 Å². The predicted molar refractivity (Wildman–Crippen MR) is 85.0 cm³/mol. The fraction of sp³-hybridized carbons (Fsp3) is 0. The largest absolute Gasteiger partial charge is 0.320 e. The highest BCUT2D eigenvalue weighted by atomic mass is 35.5. The van der Waals surface area contributed by atoms with Crippen LogP contribution < -0.4 is 5.32 Å². The van der Waals surface area contributed by atoms with Gasteiger partial charge in [-0.25, -0.2) is 8.78 Å². The average molecular weight is 353 g/mol. The van der Waals surface area contributed by atoms with Crippen molar-refractivity contribution in [1.29, 1.82) is 5.26 Å². The summed E-state index contributed by atoms with van der Waals surface area (Å²) in [6, 6.07) is 8.76. The van der Waals surface area contributed by atoms with E-state index in [2.05, 4.69) is 5.32 Å². The van der Waals surface area contributed by atoms with Crippen molar-refractivity contribution in [2.75, 3.05) is 5.32 Å². The number of nitriles is 1. The van der Waals surface area contributed by atoms with Gasteiger partial charge in [-0.05, 0) is 42.5 Å². The molecule has 3 nitrogen and oxygen atoms in total. The van der Waals surface area contributed by atoms with Gasteiger partial charge in [0.25, 0.3) is 5.91 Å². The van der Waals surface area contributed by atoms with E-state index in [4.69, 9.17) is 28.5 Å². The summed E-state index contributed by atoms with van der Waals surface area (Å²) in [4.78, 5) is 12.1. The standard InChI is InChI=1S/C16H8Cl2F2N2O/c17-11-1-3-13(18)15(7-11)22-16(23)10(8-21)5-9-6-12(19)2-4-14(9)20/h1-7H,(H,22,23). The SMILES string of the molecule is N#CC(=Cc1cc(F)ccc1F)C(=O)Nc1cc(Cl)ccc1Cl. The molecule has 0 radical (unpaired) electrons. The lowest BCUT2D eigenvalue weighted by Gasteiger charge is -2.07. The topological polar surface area (TPSA) is 52.9 Å². The van der Waals surface area contributed by atoms with Gasteiger partial charge in [0.15, 0.2) is 0 Å². The maximum absolute atomic E-state index is 13.6. The van der Waals surface area contributed by atoms with Gasteiger partial charge >= 0.3 is 0 Å². The van der Waals surface area contributed by atoms with Gasteiger partial charge in [0, 0.05) is 10.6 Å². The van der Waals surface area contributed by atoms with E-state index in [1.807, 2.05) is 0 Å². The lowest BCUT2D eigenvalue weighted by Crippen LogP contribution is -2.13. The minimum atomic E-state index is -0.819. The molecule has 0 aromatic heterocycles. The van der Waals surface area contributed by atoms with E-state index in [9.17, 15) is 13.6 Å². The minimum Gasteiger partial charge on any atom is -0.320 e. The molecule has 0 fully saturated rings. The molecule has 7 heteroatoms. The fourth-order valence-electron chi connectivity index (χ4n) is 1.71. The monoisotopic (exact) mass is 352 g/mol. The molecule has 0 aliphatic rings. The van der Waals surface area contributed by atoms with Crippen LogP contribution in [0.5, 0.6) is 0 Å². The first-order valence-electron chi connectivity index (χ1n) is 6.24. The number of anilines is 1. The molecule has 0 saturated heterocycles. The Morgan fingerprint density at radius 2 is 1.91 bits per heavy atom. The molecular formula is C16H8Cl2F2N2O. The van der Waals surface area contributed by atoms with Gasteiger partial charge in [0.2, 0.25) is 0 Å². The number of hydrogen-bond donors (Lipinski definition) is 1. The summed E-state index contributed by atoms with van der Waals surface area (Å²) in [7, 11) is 0. The number of nitrogens with one attached hydrogen (secondary N) is 1. The Kier molecular flexibility index (Phi) is 5.32. The van der Waals surface area contributed by atoms with Gasteiger partial charge in [-0.15, -0.1) is 0 Å². The van der Waals surface area contributed by atoms with E-state index in [0.717, 1.165) is 24.3 Å². The molecule has 0 heterocycles. The third kappa shape index (κ3) is 4.28. The maximum atomic E-state index is 13.6. The molecule has 2 aromatic carbocycles. The molecule has 0 aliphatic carbocycles. The zero-order chi connectivity index (χ0) is 17.0. The van der Waals surface area contributed by atoms with Gasteiger partial charge in [-0.3, -0.25) is 4.79 Å². The lowest BCUT2D eigenvalue weighted by molar-refractivity contribution is -0.112. The number of carbonyl (C=O) groups excluding carboxylic acids is 1. The Bertz CT molecular complexity index is 844. The second-order valence-corrected chi connectivity index (χ2v) is 5.26. The summed E-state index contributed by atoms with van der Waals surface area (Å²) < 4.78 is 26.7. The lowest BCUT2D eigenvalue weighted by atomic mass is 10.1. The van der Waals surface area contributed by atoms with Crippen LogP contribution >= 0.6 is 23.2 Å². The Balaban J connectivity index is 2.32. The molecule has 0 atom stereocenters. The Hall–Kier alpha value is -2.42. The third-order valence-corrected chi connectivity index (χ3v) is 3.36. The van der Waals surface area contributed by atoms with Crippen LogP contribution in [-0.4, -0.2) is 5.91 Å². The number of amides is 1. The van der Waals surface area contributed by atoms with Crippen molar-refractivity contribution in [3.63, 3.8) is 0 Å². The number of nitrogens with zero attached hydrogens (tertiary/aromatic N) is 1. The molecule has 1 amide bonds. The molecule has 1 N–H and O–H groups in total. The summed E-state index contributed by atoms with van der Waals surface area (Å²) in [6.45, 7) is 0. The van der Waals surface area contributed by atoms with Crippen molar-refractivity contribution >= 4 is 40.9 Å². The first-order chi connectivity index (χ1) is 10.9. The van der Waals surface area contributed by atoms with E-state index < -0.39 is 23.1 Å². The highest BCUT2D eigenvalue weighted by Crippen LogP contribution is 2.26. The quantitative estimate of drug-likeness (QED) is 0.636. The third-order valence-electron chi connectivity index (χ3n) is 2.80. The molecule has 0 saturated carbocycles. The van der Waals surface area contributed by atoms with Crippen LogP contribution in [0.3, 0.4) is 0 Å². The maximum Gasteiger partial charge on any atom is 0.266 e. The Labute approximate surface area is 140 Å². The van der Waals surface area contributed by atoms with Crippen LogP contribution in [0.25, 0.3) is 6.08 Å². The Morgan fingerprint density at radius 3 is 2.61 bits per heavy atom. The van der Waals surface area contributed by atoms with E-state index in [1.54, 1.807) is 6.07 Å². The number of carbonyl (C=O) groups is 1. The molecule has 0 unspecified atom stereocenters. The average Bonchev–Trinajstić information content (AvgIpc) is 2.51. The van der Waals surface area contributed by atoms with Crippen LogP contribution in [-0.2, 0) is 4.79 Å². The van der Waals surface area contributed by atoms with Crippen LogP contribution in [0, 0.1) is 23.0 Å². The molecule has 0 bridgehead atoms. The van der Waals surface area contributed by atoms with Crippen molar-refractivity contribution in [2.24, 2.45) is 0 Å². The summed E-state index contributed by atoms with van der Waals surface area (Å²) in [5, 5.41) is 12.0. The minimum absolute atomic E-state index is 0.199. The highest BCUT2D eigenvalue weighted by Gasteiger charge is 2.13. The molecule has 2 aromatic rings. The zero-order valence-electron chi connectivity index (χ0n) is 11.4. The molecular weight excluding hydrogens is 345 g/mol. The zero-order valence-corrected chi connectivity index (χ0v) is 12.9. The smallest absolute Gasteiger partial charge is 0.266 e. The van der Waals surface area contributed by atoms with Crippen molar-refractivity contribution < 1.29 is 13.6 Å². The van der Waals surface area contributed by atoms with Crippen molar-refractivity contribution in [3.8, 4) is 6.07 Å². The van der Waals surface area contributed by atoms with Crippen molar-refractivity contribution in [1.82, 2.24) is 0 Å². The highest BCUT2D eigenvalue weighted by molar-refractivity contribution is 6.36. The van der Waals surface area contributed by atoms with Gasteiger partial charge in [0.05, 0.1) is 10.7 Å². The van der Waals surface area contributed by atoms with Crippen LogP contribution in [0.2, 0.25) is 10.0 Å². The second kappa shape index (κ2) is 7.23. The number of benzene rings is 2. The summed E-state index contributed by atoms with van der Waals surface area (Å²) >= 11 is 11.7. The molecule has 23 heavy (non-hydrogen) atoms. The summed E-state index contributed by atoms with van der Waals surface area (Å²) in [5.74, 6) is -2.26. The number of hydrogen-bond acceptors (Lipinski definition) is 2. The van der Waals surface area contributed by atoms with Crippen molar-refractivity contribution in [3.05, 3.63) is 69.2 Å². The summed E-state index contributed by atoms with van der Waals surface area (Å²) in [5.41, 5.74) is -0.426. The van der Waals surface area contributed by atoms with E-state index in [-0.39, 0.29) is 16.3 Å². The summed E-state index contributed by atoms with van der Waals surface area (Å²) in [6.07, 6.45) is 0.951. The van der Waals surface area contributed by atoms with E-state index in [0.29, 0.717) is 5.02 Å². The molecule has 2 rings (SSSR count). The van der Waals surface area contributed by atoms with E-state index in [1.165, 1.54) is 18.2 Å². The molecule has 0 spiro atoms. The predicted octanol–water partition coefficient (Wildman–Crippen LogP) is 4.82. The molecule has 116 valence electrons. The van der Waals surface area contributed by atoms with Gasteiger partial charge in [-0.1, -0.05) is 23.2 Å². The first-order valence-corrected chi connectivity index (χ1v) is 6.99. The van der Waals surface area contributed by atoms with E-state index >= 15 is 0 Å². The van der Waals surface area contributed by atoms with Crippen LogP contribution in [0.15, 0.2) is 42.0 Å². The van der Waals surface area contributed by atoms with Gasteiger partial charge in [0.1, 0.15) is 23.3 Å². The van der Waals surface area contributed by atoms with Crippen LogP contribution in [0.1, 0.15) is 5.56 Å². The first kappa shape index (κ1) is 16.9. The Morgan fingerprint density at radius 1 is 1.17 bits per heavy atom. The normalized spacial score (nSPS) is 11.0. The number of rotatable bonds is 3.